The number of hydrogen-bond donors (Lipinski definition) is 1. The summed E-state index contributed by atoms with van der Waals surface area (Å²) in [5.74, 6) is 0.936. The predicted octanol–water partition coefficient (Wildman–Crippen LogP) is 2.15. The molecule has 8 atom stereocenters. The van der Waals surface area contributed by atoms with E-state index in [0.717, 1.165) is 19.3 Å². The van der Waals surface area contributed by atoms with Gasteiger partial charge in [0.1, 0.15) is 6.23 Å². The molecule has 4 heterocycles. The lowest BCUT2D eigenvalue weighted by Crippen LogP contribution is -2.71. The van der Waals surface area contributed by atoms with E-state index in [4.69, 9.17) is 25.0 Å². The van der Waals surface area contributed by atoms with E-state index < -0.39 is 17.7 Å². The van der Waals surface area contributed by atoms with E-state index in [1.54, 1.807) is 0 Å². The van der Waals surface area contributed by atoms with E-state index >= 15 is 0 Å². The van der Waals surface area contributed by atoms with E-state index in [2.05, 4.69) is 13.8 Å². The minimum absolute atomic E-state index is 0.260. The zero-order valence-corrected chi connectivity index (χ0v) is 12.5. The van der Waals surface area contributed by atoms with Crippen LogP contribution in [0.25, 0.3) is 0 Å². The van der Waals surface area contributed by atoms with Gasteiger partial charge in [-0.2, -0.15) is 0 Å². The molecule has 2 N–H and O–H groups in total. The van der Waals surface area contributed by atoms with Crippen LogP contribution in [0.15, 0.2) is 0 Å². The first kappa shape index (κ1) is 13.5. The summed E-state index contributed by atoms with van der Waals surface area (Å²) in [6.07, 6.45) is 3.57. The minimum atomic E-state index is -0.697. The van der Waals surface area contributed by atoms with Gasteiger partial charge in [-0.1, -0.05) is 13.8 Å². The summed E-state index contributed by atoms with van der Waals surface area (Å²) in [5.41, 5.74) is 5.71. The van der Waals surface area contributed by atoms with E-state index in [1.807, 2.05) is 6.92 Å². The van der Waals surface area contributed by atoms with Crippen molar-refractivity contribution in [2.75, 3.05) is 0 Å². The molecule has 0 aromatic carbocycles. The number of nitrogens with two attached hydrogens (primary N) is 1. The Hall–Kier alpha value is -0.200. The Kier molecular flexibility index (Phi) is 2.81. The van der Waals surface area contributed by atoms with Crippen molar-refractivity contribution in [2.45, 2.75) is 70.4 Å². The lowest BCUT2D eigenvalue weighted by Gasteiger charge is -2.60. The van der Waals surface area contributed by atoms with Crippen LogP contribution in [-0.4, -0.2) is 23.9 Å². The third-order valence-electron chi connectivity index (χ3n) is 6.21. The van der Waals surface area contributed by atoms with Crippen LogP contribution in [0, 0.1) is 23.7 Å². The maximum absolute atomic E-state index is 6.18. The molecule has 1 aliphatic carbocycles. The molecular formula is C15H25NO4. The second-order valence-corrected chi connectivity index (χ2v) is 7.37. The zero-order valence-electron chi connectivity index (χ0n) is 12.5. The van der Waals surface area contributed by atoms with Gasteiger partial charge in [-0.15, -0.1) is 0 Å². The average Bonchev–Trinajstić information content (AvgIpc) is 2.63. The summed E-state index contributed by atoms with van der Waals surface area (Å²) < 4.78 is 12.2. The van der Waals surface area contributed by atoms with E-state index in [1.165, 1.54) is 6.42 Å². The number of fused-ring (bicyclic) bond motifs is 2. The molecule has 5 rings (SSSR count). The Morgan fingerprint density at radius 1 is 1.05 bits per heavy atom. The van der Waals surface area contributed by atoms with E-state index in [9.17, 15) is 0 Å². The molecule has 0 aromatic rings. The van der Waals surface area contributed by atoms with Crippen molar-refractivity contribution in [3.8, 4) is 0 Å². The Morgan fingerprint density at radius 3 is 2.65 bits per heavy atom. The summed E-state index contributed by atoms with van der Waals surface area (Å²) in [7, 11) is 0. The van der Waals surface area contributed by atoms with Crippen molar-refractivity contribution < 1.29 is 19.2 Å². The van der Waals surface area contributed by atoms with Gasteiger partial charge in [-0.3, -0.25) is 0 Å². The molecule has 2 bridgehead atoms. The van der Waals surface area contributed by atoms with Gasteiger partial charge in [0.2, 0.25) is 5.79 Å². The van der Waals surface area contributed by atoms with Crippen LogP contribution in [0.1, 0.15) is 46.5 Å². The highest BCUT2D eigenvalue weighted by molar-refractivity contribution is 5.09. The van der Waals surface area contributed by atoms with Gasteiger partial charge in [-0.05, 0) is 38.0 Å². The average molecular weight is 283 g/mol. The first-order valence-corrected chi connectivity index (χ1v) is 7.92. The predicted molar refractivity (Wildman–Crippen MR) is 71.0 cm³/mol. The van der Waals surface area contributed by atoms with E-state index in [0.29, 0.717) is 17.8 Å². The van der Waals surface area contributed by atoms with Crippen LogP contribution in [0.3, 0.4) is 0 Å². The molecule has 1 spiro atoms. The Bertz CT molecular complexity index is 415. The van der Waals surface area contributed by atoms with Crippen LogP contribution in [0.2, 0.25) is 0 Å². The lowest BCUT2D eigenvalue weighted by atomic mass is 9.58. The number of rotatable bonds is 0. The number of hydrogen-bond acceptors (Lipinski definition) is 5. The van der Waals surface area contributed by atoms with Gasteiger partial charge in [0.15, 0.2) is 11.9 Å². The van der Waals surface area contributed by atoms with Crippen LogP contribution in [0.4, 0.5) is 0 Å². The molecule has 4 aliphatic heterocycles. The van der Waals surface area contributed by atoms with Crippen molar-refractivity contribution in [3.05, 3.63) is 0 Å². The maximum Gasteiger partial charge on any atom is 0.201 e. The third-order valence-corrected chi connectivity index (χ3v) is 6.21. The van der Waals surface area contributed by atoms with Gasteiger partial charge < -0.3 is 15.2 Å². The van der Waals surface area contributed by atoms with Gasteiger partial charge in [0.25, 0.3) is 0 Å². The Morgan fingerprint density at radius 2 is 1.85 bits per heavy atom. The molecule has 20 heavy (non-hydrogen) atoms. The molecule has 5 nitrogen and oxygen atoms in total. The fourth-order valence-electron chi connectivity index (χ4n) is 4.93. The molecule has 5 aliphatic rings. The molecule has 1 saturated carbocycles. The summed E-state index contributed by atoms with van der Waals surface area (Å²) in [6, 6.07) is 0. The van der Waals surface area contributed by atoms with Crippen LogP contribution in [0.5, 0.6) is 0 Å². The van der Waals surface area contributed by atoms with Crippen LogP contribution >= 0.6 is 0 Å². The second kappa shape index (κ2) is 4.17. The van der Waals surface area contributed by atoms with Gasteiger partial charge >= 0.3 is 0 Å². The highest BCUT2D eigenvalue weighted by Crippen LogP contribution is 2.60. The second-order valence-electron chi connectivity index (χ2n) is 7.37. The SMILES string of the molecule is C[C@H]1C(N)O[C@@H]2OC3(C)CCC4[C@H](C)CCC1[C@]42OO3. The first-order chi connectivity index (χ1) is 9.46. The highest BCUT2D eigenvalue weighted by atomic mass is 17.3. The summed E-state index contributed by atoms with van der Waals surface area (Å²) in [4.78, 5) is 11.7. The molecule has 4 unspecified atom stereocenters. The molecule has 0 radical (unpaired) electrons. The summed E-state index contributed by atoms with van der Waals surface area (Å²) in [5, 5.41) is 0. The van der Waals surface area contributed by atoms with Crippen molar-refractivity contribution in [1.29, 1.82) is 0 Å². The van der Waals surface area contributed by atoms with Crippen molar-refractivity contribution in [1.82, 2.24) is 0 Å². The Labute approximate surface area is 120 Å². The topological polar surface area (TPSA) is 62.9 Å². The number of ether oxygens (including phenoxy) is 2. The monoisotopic (exact) mass is 283 g/mol. The third kappa shape index (κ3) is 1.56. The fourth-order valence-corrected chi connectivity index (χ4v) is 4.93. The summed E-state index contributed by atoms with van der Waals surface area (Å²) in [6.45, 7) is 6.41. The molecular weight excluding hydrogens is 258 g/mol. The molecule has 0 amide bonds. The molecule has 114 valence electrons. The molecule has 5 fully saturated rings. The van der Waals surface area contributed by atoms with Gasteiger partial charge in [0, 0.05) is 18.3 Å². The van der Waals surface area contributed by atoms with Crippen molar-refractivity contribution >= 4 is 0 Å². The Balaban J connectivity index is 1.82. The van der Waals surface area contributed by atoms with Crippen LogP contribution in [-0.2, 0) is 19.2 Å². The van der Waals surface area contributed by atoms with Crippen LogP contribution < -0.4 is 5.73 Å². The quantitative estimate of drug-likeness (QED) is 0.690. The standard InChI is InChI=1S/C15H25NO4/c1-8-4-5-11-9(2)12(16)17-13-15(11)10(8)6-7-14(3,18-13)19-20-15/h8-13H,4-7,16H2,1-3H3/t8-,9-,10?,11?,12?,13-,14?,15-/m1/s1. The van der Waals surface area contributed by atoms with Crippen molar-refractivity contribution in [2.24, 2.45) is 29.4 Å². The smallest absolute Gasteiger partial charge is 0.201 e. The largest absolute Gasteiger partial charge is 0.331 e. The highest BCUT2D eigenvalue weighted by Gasteiger charge is 2.68. The van der Waals surface area contributed by atoms with Gasteiger partial charge in [-0.25, -0.2) is 9.78 Å². The maximum atomic E-state index is 6.18. The van der Waals surface area contributed by atoms with E-state index in [-0.39, 0.29) is 12.1 Å². The molecule has 0 aromatic heterocycles. The lowest BCUT2D eigenvalue weighted by molar-refractivity contribution is -0.570. The molecule has 4 saturated heterocycles. The zero-order chi connectivity index (χ0) is 14.1. The van der Waals surface area contributed by atoms with Crippen molar-refractivity contribution in [3.63, 3.8) is 0 Å². The summed E-state index contributed by atoms with van der Waals surface area (Å²) >= 11 is 0. The van der Waals surface area contributed by atoms with Gasteiger partial charge in [0.05, 0.1) is 0 Å². The molecule has 5 heteroatoms. The first-order valence-electron chi connectivity index (χ1n) is 7.92. The fraction of sp³-hybridized carbons (Fsp3) is 1.00. The normalized spacial score (nSPS) is 61.8. The minimum Gasteiger partial charge on any atom is -0.331 e.